The summed E-state index contributed by atoms with van der Waals surface area (Å²) in [4.78, 5) is 26.2. The Morgan fingerprint density at radius 2 is 1.74 bits per heavy atom. The van der Waals surface area contributed by atoms with Gasteiger partial charge in [-0.15, -0.1) is 0 Å². The second kappa shape index (κ2) is 9.52. The van der Waals surface area contributed by atoms with Crippen LogP contribution in [0.1, 0.15) is 23.2 Å². The topological polar surface area (TPSA) is 105 Å². The smallest absolute Gasteiger partial charge is 0.262 e. The summed E-state index contributed by atoms with van der Waals surface area (Å²) in [5, 5.41) is 2.72. The van der Waals surface area contributed by atoms with Crippen LogP contribution in [0.3, 0.4) is 0 Å². The quantitative estimate of drug-likeness (QED) is 0.528. The number of hydrogen-bond donors (Lipinski definition) is 2. The molecule has 3 aromatic carbocycles. The molecule has 1 aliphatic rings. The maximum Gasteiger partial charge on any atom is 0.262 e. The monoisotopic (exact) mass is 483 g/mol. The van der Waals surface area contributed by atoms with Gasteiger partial charge in [0.1, 0.15) is 11.6 Å². The first-order chi connectivity index (χ1) is 16.3. The van der Waals surface area contributed by atoms with Gasteiger partial charge in [-0.3, -0.25) is 14.3 Å². The summed E-state index contributed by atoms with van der Waals surface area (Å²) in [6, 6.07) is 15.6. The number of carbonyl (C=O) groups excluding carboxylic acids is 2. The van der Waals surface area contributed by atoms with Crippen molar-refractivity contribution in [2.45, 2.75) is 17.7 Å². The molecule has 0 saturated carbocycles. The van der Waals surface area contributed by atoms with E-state index in [1.54, 1.807) is 35.2 Å². The van der Waals surface area contributed by atoms with Crippen LogP contribution < -0.4 is 19.7 Å². The number of hydrogen-bond acceptors (Lipinski definition) is 5. The Labute approximate surface area is 196 Å². The molecule has 0 aliphatic carbocycles. The van der Waals surface area contributed by atoms with Gasteiger partial charge in [0.05, 0.1) is 17.7 Å². The summed E-state index contributed by atoms with van der Waals surface area (Å²) in [6.45, 7) is 0.660. The number of rotatable bonds is 7. The van der Waals surface area contributed by atoms with Crippen molar-refractivity contribution in [3.05, 3.63) is 78.1 Å². The molecule has 3 aromatic rings. The zero-order valence-corrected chi connectivity index (χ0v) is 19.1. The largest absolute Gasteiger partial charge is 0.495 e. The fourth-order valence-corrected chi connectivity index (χ4v) is 4.66. The van der Waals surface area contributed by atoms with Crippen molar-refractivity contribution in [2.75, 3.05) is 28.6 Å². The number of methoxy groups -OCH3 is 1. The van der Waals surface area contributed by atoms with E-state index >= 15 is 0 Å². The van der Waals surface area contributed by atoms with E-state index in [-0.39, 0.29) is 22.2 Å². The Kier molecular flexibility index (Phi) is 6.51. The minimum absolute atomic E-state index is 0.0612. The molecule has 2 amide bonds. The fourth-order valence-electron chi connectivity index (χ4n) is 3.60. The van der Waals surface area contributed by atoms with Crippen LogP contribution in [-0.2, 0) is 14.8 Å². The first-order valence-corrected chi connectivity index (χ1v) is 11.9. The molecule has 2 N–H and O–H groups in total. The van der Waals surface area contributed by atoms with Gasteiger partial charge in [-0.25, -0.2) is 12.8 Å². The summed E-state index contributed by atoms with van der Waals surface area (Å²) in [5.74, 6) is -0.660. The number of anilines is 3. The van der Waals surface area contributed by atoms with Gasteiger partial charge in [0, 0.05) is 29.9 Å². The molecule has 34 heavy (non-hydrogen) atoms. The van der Waals surface area contributed by atoms with Crippen LogP contribution in [0.15, 0.2) is 71.6 Å². The third kappa shape index (κ3) is 5.01. The zero-order chi connectivity index (χ0) is 24.3. The van der Waals surface area contributed by atoms with E-state index in [0.29, 0.717) is 24.2 Å². The predicted octanol–water partition coefficient (Wildman–Crippen LogP) is 4.01. The summed E-state index contributed by atoms with van der Waals surface area (Å²) in [7, 11) is -2.63. The lowest BCUT2D eigenvalue weighted by atomic mass is 10.1. The lowest BCUT2D eigenvalue weighted by molar-refractivity contribution is -0.117. The van der Waals surface area contributed by atoms with E-state index < -0.39 is 21.7 Å². The van der Waals surface area contributed by atoms with Gasteiger partial charge in [-0.2, -0.15) is 0 Å². The van der Waals surface area contributed by atoms with Crippen molar-refractivity contribution in [2.24, 2.45) is 0 Å². The highest BCUT2D eigenvalue weighted by molar-refractivity contribution is 7.92. The number of benzene rings is 3. The average molecular weight is 484 g/mol. The number of amides is 2. The van der Waals surface area contributed by atoms with Gasteiger partial charge in [0.2, 0.25) is 5.91 Å². The van der Waals surface area contributed by atoms with E-state index in [0.717, 1.165) is 36.4 Å². The predicted molar refractivity (Wildman–Crippen MR) is 126 cm³/mol. The molecule has 0 atom stereocenters. The van der Waals surface area contributed by atoms with Crippen LogP contribution in [0.5, 0.6) is 5.75 Å². The summed E-state index contributed by atoms with van der Waals surface area (Å²) >= 11 is 0. The average Bonchev–Trinajstić information content (AvgIpc) is 3.25. The molecule has 0 spiro atoms. The lowest BCUT2D eigenvalue weighted by Gasteiger charge is -2.16. The number of halogens is 1. The van der Waals surface area contributed by atoms with Crippen LogP contribution in [-0.4, -0.2) is 33.9 Å². The Morgan fingerprint density at radius 1 is 1.03 bits per heavy atom. The van der Waals surface area contributed by atoms with Crippen LogP contribution in [0, 0.1) is 5.82 Å². The highest BCUT2D eigenvalue weighted by atomic mass is 32.2. The van der Waals surface area contributed by atoms with Gasteiger partial charge in [-0.1, -0.05) is 0 Å². The van der Waals surface area contributed by atoms with E-state index in [2.05, 4.69) is 10.0 Å². The second-order valence-electron chi connectivity index (χ2n) is 7.62. The molecular weight excluding hydrogens is 461 g/mol. The van der Waals surface area contributed by atoms with E-state index in [9.17, 15) is 22.4 Å². The lowest BCUT2D eigenvalue weighted by Crippen LogP contribution is -2.23. The maximum absolute atomic E-state index is 13.2. The van der Waals surface area contributed by atoms with Crippen LogP contribution in [0.4, 0.5) is 21.5 Å². The van der Waals surface area contributed by atoms with Crippen molar-refractivity contribution in [3.63, 3.8) is 0 Å². The standard InChI is InChI=1S/C24H22FN3O5S/c1-33-22-13-8-18(15-21(22)27-34(31,32)20-11-6-17(25)7-12-20)26-24(30)16-4-9-19(10-5-16)28-14-2-3-23(28)29/h4-13,15,27H,2-3,14H2,1H3,(H,26,30). The molecule has 4 rings (SSSR count). The van der Waals surface area contributed by atoms with Crippen molar-refractivity contribution >= 4 is 38.9 Å². The first-order valence-electron chi connectivity index (χ1n) is 10.4. The van der Waals surface area contributed by atoms with Crippen molar-refractivity contribution in [1.82, 2.24) is 0 Å². The number of ether oxygens (including phenoxy) is 1. The minimum Gasteiger partial charge on any atom is -0.495 e. The van der Waals surface area contributed by atoms with Gasteiger partial charge >= 0.3 is 0 Å². The highest BCUT2D eigenvalue weighted by Crippen LogP contribution is 2.30. The molecule has 1 aliphatic heterocycles. The normalized spacial score (nSPS) is 13.6. The molecule has 1 fully saturated rings. The number of carbonyl (C=O) groups is 2. The molecule has 1 heterocycles. The van der Waals surface area contributed by atoms with Crippen molar-refractivity contribution < 1.29 is 27.1 Å². The van der Waals surface area contributed by atoms with Crippen LogP contribution >= 0.6 is 0 Å². The fraction of sp³-hybridized carbons (Fsp3) is 0.167. The Bertz CT molecular complexity index is 1330. The van der Waals surface area contributed by atoms with Crippen molar-refractivity contribution in [1.29, 1.82) is 0 Å². The minimum atomic E-state index is -4.02. The number of nitrogens with one attached hydrogen (secondary N) is 2. The summed E-state index contributed by atoms with van der Waals surface area (Å²) < 4.78 is 46.2. The van der Waals surface area contributed by atoms with Crippen molar-refractivity contribution in [3.8, 4) is 5.75 Å². The summed E-state index contributed by atoms with van der Waals surface area (Å²) in [6.07, 6.45) is 1.33. The summed E-state index contributed by atoms with van der Waals surface area (Å²) in [5.41, 5.74) is 1.55. The third-order valence-corrected chi connectivity index (χ3v) is 6.72. The molecule has 0 radical (unpaired) electrons. The number of sulfonamides is 1. The van der Waals surface area contributed by atoms with Gasteiger partial charge in [0.15, 0.2) is 0 Å². The maximum atomic E-state index is 13.2. The zero-order valence-electron chi connectivity index (χ0n) is 18.2. The van der Waals surface area contributed by atoms with Crippen LogP contribution in [0.2, 0.25) is 0 Å². The van der Waals surface area contributed by atoms with E-state index in [1.165, 1.54) is 19.2 Å². The second-order valence-corrected chi connectivity index (χ2v) is 9.31. The molecule has 8 nitrogen and oxygen atoms in total. The Morgan fingerprint density at radius 3 is 2.35 bits per heavy atom. The van der Waals surface area contributed by atoms with E-state index in [4.69, 9.17) is 4.74 Å². The molecule has 1 saturated heterocycles. The number of nitrogens with zero attached hydrogens (tertiary/aromatic N) is 1. The SMILES string of the molecule is COc1ccc(NC(=O)c2ccc(N3CCCC3=O)cc2)cc1NS(=O)(=O)c1ccc(F)cc1. The molecule has 176 valence electrons. The Balaban J connectivity index is 1.51. The van der Waals surface area contributed by atoms with Crippen LogP contribution in [0.25, 0.3) is 0 Å². The Hall–Kier alpha value is -3.92. The van der Waals surface area contributed by atoms with Gasteiger partial charge < -0.3 is 15.0 Å². The molecule has 10 heteroatoms. The highest BCUT2D eigenvalue weighted by Gasteiger charge is 2.22. The van der Waals surface area contributed by atoms with Gasteiger partial charge in [-0.05, 0) is 73.2 Å². The molecular formula is C24H22FN3O5S. The molecule has 0 aromatic heterocycles. The molecule has 0 bridgehead atoms. The molecule has 0 unspecified atom stereocenters. The third-order valence-electron chi connectivity index (χ3n) is 5.34. The van der Waals surface area contributed by atoms with E-state index in [1.807, 2.05) is 0 Å². The first kappa shape index (κ1) is 23.2. The van der Waals surface area contributed by atoms with Gasteiger partial charge in [0.25, 0.3) is 15.9 Å².